The molecular formula is C14H15NO2S. The van der Waals surface area contributed by atoms with E-state index in [-0.39, 0.29) is 5.75 Å². The minimum atomic E-state index is -3.25. The molecule has 1 N–H and O–H groups in total. The maximum absolute atomic E-state index is 11.6. The fourth-order valence-electron chi connectivity index (χ4n) is 1.82. The van der Waals surface area contributed by atoms with Crippen LogP contribution in [0.4, 0.5) is 0 Å². The van der Waals surface area contributed by atoms with Crippen LogP contribution in [0.25, 0.3) is 11.1 Å². The van der Waals surface area contributed by atoms with Gasteiger partial charge in [0.25, 0.3) is 0 Å². The van der Waals surface area contributed by atoms with Gasteiger partial charge in [-0.25, -0.2) is 13.1 Å². The average Bonchev–Trinajstić information content (AvgIpc) is 2.40. The Morgan fingerprint density at radius 3 is 2.22 bits per heavy atom. The van der Waals surface area contributed by atoms with Crippen LogP contribution >= 0.6 is 0 Å². The molecule has 0 atom stereocenters. The van der Waals surface area contributed by atoms with Gasteiger partial charge in [-0.15, -0.1) is 0 Å². The van der Waals surface area contributed by atoms with Crippen LogP contribution in [0.3, 0.4) is 0 Å². The molecule has 94 valence electrons. The summed E-state index contributed by atoms with van der Waals surface area (Å²) >= 11 is 0. The van der Waals surface area contributed by atoms with E-state index in [2.05, 4.69) is 4.72 Å². The molecule has 0 spiro atoms. The van der Waals surface area contributed by atoms with Crippen molar-refractivity contribution in [2.24, 2.45) is 0 Å². The molecule has 0 radical (unpaired) electrons. The Hall–Kier alpha value is -1.65. The third kappa shape index (κ3) is 2.97. The third-order valence-corrected chi connectivity index (χ3v) is 4.07. The normalized spacial score (nSPS) is 11.4. The number of rotatable bonds is 4. The minimum Gasteiger partial charge on any atom is -0.218 e. The molecule has 2 rings (SSSR count). The SMILES string of the molecule is CNS(=O)(=O)Cc1ccccc1-c1ccccc1. The number of benzene rings is 2. The predicted octanol–water partition coefficient (Wildman–Crippen LogP) is 2.40. The zero-order chi connectivity index (χ0) is 13.0. The van der Waals surface area contributed by atoms with Crippen molar-refractivity contribution in [1.29, 1.82) is 0 Å². The van der Waals surface area contributed by atoms with Crippen molar-refractivity contribution in [3.63, 3.8) is 0 Å². The van der Waals surface area contributed by atoms with E-state index in [0.717, 1.165) is 16.7 Å². The topological polar surface area (TPSA) is 46.2 Å². The van der Waals surface area contributed by atoms with Crippen LogP contribution < -0.4 is 4.72 Å². The molecule has 0 saturated heterocycles. The molecular weight excluding hydrogens is 246 g/mol. The van der Waals surface area contributed by atoms with Crippen LogP contribution in [-0.2, 0) is 15.8 Å². The lowest BCUT2D eigenvalue weighted by Gasteiger charge is -2.09. The molecule has 0 aromatic heterocycles. The Kier molecular flexibility index (Phi) is 3.79. The van der Waals surface area contributed by atoms with Gasteiger partial charge in [0.15, 0.2) is 0 Å². The zero-order valence-electron chi connectivity index (χ0n) is 10.1. The molecule has 0 aliphatic rings. The first-order valence-electron chi connectivity index (χ1n) is 5.67. The second-order valence-electron chi connectivity index (χ2n) is 3.99. The van der Waals surface area contributed by atoms with E-state index in [9.17, 15) is 8.42 Å². The summed E-state index contributed by atoms with van der Waals surface area (Å²) in [7, 11) is -1.82. The van der Waals surface area contributed by atoms with Crippen molar-refractivity contribution in [3.8, 4) is 11.1 Å². The highest BCUT2D eigenvalue weighted by molar-refractivity contribution is 7.88. The highest BCUT2D eigenvalue weighted by Gasteiger charge is 2.12. The van der Waals surface area contributed by atoms with Gasteiger partial charge in [0.2, 0.25) is 10.0 Å². The summed E-state index contributed by atoms with van der Waals surface area (Å²) in [6.45, 7) is 0. The molecule has 2 aromatic rings. The highest BCUT2D eigenvalue weighted by atomic mass is 32.2. The molecule has 0 bridgehead atoms. The molecule has 18 heavy (non-hydrogen) atoms. The zero-order valence-corrected chi connectivity index (χ0v) is 10.9. The van der Waals surface area contributed by atoms with Gasteiger partial charge in [-0.1, -0.05) is 54.6 Å². The van der Waals surface area contributed by atoms with Crippen LogP contribution in [0.2, 0.25) is 0 Å². The minimum absolute atomic E-state index is 0.00539. The first-order valence-corrected chi connectivity index (χ1v) is 7.32. The lowest BCUT2D eigenvalue weighted by Crippen LogP contribution is -2.20. The molecule has 0 aliphatic carbocycles. The van der Waals surface area contributed by atoms with E-state index < -0.39 is 10.0 Å². The van der Waals surface area contributed by atoms with Crippen LogP contribution in [0, 0.1) is 0 Å². The fraction of sp³-hybridized carbons (Fsp3) is 0.143. The standard InChI is InChI=1S/C14H15NO2S/c1-15-18(16,17)11-13-9-5-6-10-14(13)12-7-3-2-4-8-12/h2-10,15H,11H2,1H3. The molecule has 0 aliphatic heterocycles. The van der Waals surface area contributed by atoms with Crippen LogP contribution in [0.1, 0.15) is 5.56 Å². The second-order valence-corrected chi connectivity index (χ2v) is 5.91. The Labute approximate surface area is 108 Å². The van der Waals surface area contributed by atoms with Gasteiger partial charge in [0.05, 0.1) is 5.75 Å². The van der Waals surface area contributed by atoms with Crippen molar-refractivity contribution in [3.05, 3.63) is 60.2 Å². The number of hydrogen-bond acceptors (Lipinski definition) is 2. The second kappa shape index (κ2) is 5.33. The molecule has 0 unspecified atom stereocenters. The molecule has 0 amide bonds. The summed E-state index contributed by atoms with van der Waals surface area (Å²) in [6.07, 6.45) is 0. The van der Waals surface area contributed by atoms with Gasteiger partial charge in [0.1, 0.15) is 0 Å². The highest BCUT2D eigenvalue weighted by Crippen LogP contribution is 2.24. The summed E-state index contributed by atoms with van der Waals surface area (Å²) in [6, 6.07) is 17.3. The monoisotopic (exact) mass is 261 g/mol. The first kappa shape index (κ1) is 12.8. The molecule has 0 saturated carbocycles. The Morgan fingerprint density at radius 1 is 0.944 bits per heavy atom. The van der Waals surface area contributed by atoms with Gasteiger partial charge >= 0.3 is 0 Å². The number of sulfonamides is 1. The molecule has 2 aromatic carbocycles. The van der Waals surface area contributed by atoms with Gasteiger partial charge in [-0.2, -0.15) is 0 Å². The smallest absolute Gasteiger partial charge is 0.215 e. The van der Waals surface area contributed by atoms with Crippen LogP contribution in [0.15, 0.2) is 54.6 Å². The molecule has 3 nitrogen and oxygen atoms in total. The Balaban J connectivity index is 2.44. The molecule has 0 heterocycles. The number of nitrogens with one attached hydrogen (secondary N) is 1. The predicted molar refractivity (Wildman–Crippen MR) is 73.6 cm³/mol. The maximum atomic E-state index is 11.6. The number of hydrogen-bond donors (Lipinski definition) is 1. The van der Waals surface area contributed by atoms with E-state index in [1.807, 2.05) is 54.6 Å². The molecule has 0 fully saturated rings. The lowest BCUT2D eigenvalue weighted by atomic mass is 10.0. The maximum Gasteiger partial charge on any atom is 0.215 e. The summed E-state index contributed by atoms with van der Waals surface area (Å²) in [5.74, 6) is -0.00539. The van der Waals surface area contributed by atoms with Crippen molar-refractivity contribution < 1.29 is 8.42 Å². The summed E-state index contributed by atoms with van der Waals surface area (Å²) in [4.78, 5) is 0. The van der Waals surface area contributed by atoms with Crippen LogP contribution in [0.5, 0.6) is 0 Å². The van der Waals surface area contributed by atoms with Crippen LogP contribution in [-0.4, -0.2) is 15.5 Å². The molecule has 4 heteroatoms. The summed E-state index contributed by atoms with van der Waals surface area (Å²) < 4.78 is 25.6. The van der Waals surface area contributed by atoms with Crippen molar-refractivity contribution >= 4 is 10.0 Å². The average molecular weight is 261 g/mol. The Bertz CT molecular complexity index is 621. The van der Waals surface area contributed by atoms with Gasteiger partial charge in [0, 0.05) is 0 Å². The van der Waals surface area contributed by atoms with Crippen molar-refractivity contribution in [1.82, 2.24) is 4.72 Å². The lowest BCUT2D eigenvalue weighted by molar-refractivity contribution is 0.587. The first-order chi connectivity index (χ1) is 8.62. The van der Waals surface area contributed by atoms with Crippen molar-refractivity contribution in [2.45, 2.75) is 5.75 Å². The Morgan fingerprint density at radius 2 is 1.56 bits per heavy atom. The largest absolute Gasteiger partial charge is 0.218 e. The van der Waals surface area contributed by atoms with E-state index in [0.29, 0.717) is 0 Å². The fourth-order valence-corrected chi connectivity index (χ4v) is 2.63. The van der Waals surface area contributed by atoms with Gasteiger partial charge < -0.3 is 0 Å². The van der Waals surface area contributed by atoms with E-state index in [1.54, 1.807) is 0 Å². The van der Waals surface area contributed by atoms with Gasteiger partial charge in [-0.3, -0.25) is 0 Å². The van der Waals surface area contributed by atoms with E-state index in [1.165, 1.54) is 7.05 Å². The summed E-state index contributed by atoms with van der Waals surface area (Å²) in [5.41, 5.74) is 2.79. The summed E-state index contributed by atoms with van der Waals surface area (Å²) in [5, 5.41) is 0. The van der Waals surface area contributed by atoms with E-state index >= 15 is 0 Å². The van der Waals surface area contributed by atoms with Crippen molar-refractivity contribution in [2.75, 3.05) is 7.05 Å². The van der Waals surface area contributed by atoms with E-state index in [4.69, 9.17) is 0 Å². The quantitative estimate of drug-likeness (QED) is 0.918. The third-order valence-electron chi connectivity index (χ3n) is 2.76. The van der Waals surface area contributed by atoms with Gasteiger partial charge in [-0.05, 0) is 23.7 Å².